The maximum absolute atomic E-state index is 11.6. The number of carbonyl (C=O) groups is 1. The van der Waals surface area contributed by atoms with Crippen molar-refractivity contribution in [3.8, 4) is 5.75 Å². The Balaban J connectivity index is 2.13. The Bertz CT molecular complexity index is 939. The molecule has 0 aliphatic rings. The van der Waals surface area contributed by atoms with E-state index < -0.39 is 6.09 Å². The molecular weight excluding hydrogens is 336 g/mol. The summed E-state index contributed by atoms with van der Waals surface area (Å²) in [6.07, 6.45) is 2.13. The van der Waals surface area contributed by atoms with E-state index in [-0.39, 0.29) is 12.0 Å². The summed E-state index contributed by atoms with van der Waals surface area (Å²) >= 11 is 0. The molecule has 3 rings (SSSR count). The third-order valence-corrected chi connectivity index (χ3v) is 3.99. The molecule has 136 valence electrons. The molecule has 3 aromatic rings. The average molecular weight is 356 g/mol. The molecular formula is C17H20N6O3. The number of nitrogens with zero attached hydrogens (tertiary/aromatic N) is 6. The molecule has 0 aliphatic heterocycles. The maximum atomic E-state index is 11.6. The zero-order valence-electron chi connectivity index (χ0n) is 15.0. The van der Waals surface area contributed by atoms with Crippen LogP contribution in [0.25, 0.3) is 5.65 Å². The van der Waals surface area contributed by atoms with Gasteiger partial charge in [0.25, 0.3) is 0 Å². The Morgan fingerprint density at radius 1 is 1.27 bits per heavy atom. The van der Waals surface area contributed by atoms with E-state index in [9.17, 15) is 9.90 Å². The Hall–Kier alpha value is -3.36. The van der Waals surface area contributed by atoms with Crippen LogP contribution in [0.1, 0.15) is 13.8 Å². The standard InChI is InChI=1S/C17H20N6O3/c1-11(2)23(17(24)25)16-20-19-15-14(18-9-10-22(15)16)21(3)12-7-5-6-8-13(12)26-4/h5-11H,1-4H3,(H,24,25). The molecule has 9 heteroatoms. The summed E-state index contributed by atoms with van der Waals surface area (Å²) in [6.45, 7) is 3.55. The topological polar surface area (TPSA) is 96.1 Å². The van der Waals surface area contributed by atoms with E-state index in [4.69, 9.17) is 4.74 Å². The van der Waals surface area contributed by atoms with Crippen LogP contribution in [0.3, 0.4) is 0 Å². The van der Waals surface area contributed by atoms with Crippen molar-refractivity contribution in [2.45, 2.75) is 19.9 Å². The number of aromatic nitrogens is 4. The van der Waals surface area contributed by atoms with Crippen molar-refractivity contribution in [3.05, 3.63) is 36.7 Å². The highest BCUT2D eigenvalue weighted by atomic mass is 16.5. The van der Waals surface area contributed by atoms with Crippen LogP contribution in [0.15, 0.2) is 36.7 Å². The van der Waals surface area contributed by atoms with Gasteiger partial charge >= 0.3 is 6.09 Å². The number of hydrogen-bond donors (Lipinski definition) is 1. The smallest absolute Gasteiger partial charge is 0.414 e. The van der Waals surface area contributed by atoms with Crippen LogP contribution in [0, 0.1) is 0 Å². The first-order valence-electron chi connectivity index (χ1n) is 8.04. The monoisotopic (exact) mass is 356 g/mol. The molecule has 0 bridgehead atoms. The van der Waals surface area contributed by atoms with Crippen LogP contribution in [-0.2, 0) is 0 Å². The number of benzene rings is 1. The molecule has 9 nitrogen and oxygen atoms in total. The number of anilines is 3. The van der Waals surface area contributed by atoms with E-state index >= 15 is 0 Å². The quantitative estimate of drug-likeness (QED) is 0.751. The van der Waals surface area contributed by atoms with Gasteiger partial charge in [-0.3, -0.25) is 4.40 Å². The first-order valence-corrected chi connectivity index (χ1v) is 8.04. The van der Waals surface area contributed by atoms with Gasteiger partial charge in [-0.2, -0.15) is 0 Å². The van der Waals surface area contributed by atoms with E-state index in [1.165, 1.54) is 0 Å². The number of methoxy groups -OCH3 is 1. The minimum atomic E-state index is -1.09. The molecule has 0 saturated carbocycles. The normalized spacial score (nSPS) is 11.0. The highest BCUT2D eigenvalue weighted by Gasteiger charge is 2.25. The fourth-order valence-corrected chi connectivity index (χ4v) is 2.76. The van der Waals surface area contributed by atoms with Crippen molar-refractivity contribution in [2.24, 2.45) is 0 Å². The van der Waals surface area contributed by atoms with Crippen molar-refractivity contribution < 1.29 is 14.6 Å². The van der Waals surface area contributed by atoms with Crippen LogP contribution >= 0.6 is 0 Å². The number of rotatable bonds is 5. The van der Waals surface area contributed by atoms with Gasteiger partial charge in [0, 0.05) is 25.5 Å². The van der Waals surface area contributed by atoms with Crippen molar-refractivity contribution in [1.29, 1.82) is 0 Å². The molecule has 1 aromatic carbocycles. The Labute approximate surface area is 150 Å². The summed E-state index contributed by atoms with van der Waals surface area (Å²) in [4.78, 5) is 19.0. The number of ether oxygens (including phenoxy) is 1. The Morgan fingerprint density at radius 3 is 2.65 bits per heavy atom. The molecule has 0 atom stereocenters. The fourth-order valence-electron chi connectivity index (χ4n) is 2.76. The largest absolute Gasteiger partial charge is 0.495 e. The van der Waals surface area contributed by atoms with Crippen molar-refractivity contribution in [1.82, 2.24) is 19.6 Å². The summed E-state index contributed by atoms with van der Waals surface area (Å²) < 4.78 is 7.02. The van der Waals surface area contributed by atoms with Crippen LogP contribution in [-0.4, -0.2) is 51.0 Å². The maximum Gasteiger partial charge on any atom is 0.414 e. The lowest BCUT2D eigenvalue weighted by molar-refractivity contribution is 0.199. The first kappa shape index (κ1) is 17.5. The second-order valence-electron chi connectivity index (χ2n) is 5.92. The number of fused-ring (bicyclic) bond motifs is 1. The molecule has 0 spiro atoms. The van der Waals surface area contributed by atoms with Gasteiger partial charge in [-0.1, -0.05) is 12.1 Å². The third-order valence-electron chi connectivity index (χ3n) is 3.99. The second-order valence-corrected chi connectivity index (χ2v) is 5.92. The van der Waals surface area contributed by atoms with Crippen LogP contribution < -0.4 is 14.5 Å². The number of carboxylic acid groups (broad SMARTS) is 1. The average Bonchev–Trinajstić information content (AvgIpc) is 3.04. The summed E-state index contributed by atoms with van der Waals surface area (Å²) in [5.41, 5.74) is 1.25. The lowest BCUT2D eigenvalue weighted by atomic mass is 10.2. The number of hydrogen-bond acceptors (Lipinski definition) is 6. The van der Waals surface area contributed by atoms with Crippen LogP contribution in [0.2, 0.25) is 0 Å². The highest BCUT2D eigenvalue weighted by molar-refractivity contribution is 5.85. The summed E-state index contributed by atoms with van der Waals surface area (Å²) in [6, 6.07) is 7.25. The predicted octanol–water partition coefficient (Wildman–Crippen LogP) is 2.79. The van der Waals surface area contributed by atoms with E-state index in [0.717, 1.165) is 10.6 Å². The zero-order chi connectivity index (χ0) is 18.8. The Kier molecular flexibility index (Phi) is 4.61. The van der Waals surface area contributed by atoms with Crippen molar-refractivity contribution >= 4 is 29.2 Å². The summed E-state index contributed by atoms with van der Waals surface area (Å²) in [5.74, 6) is 1.44. The molecule has 26 heavy (non-hydrogen) atoms. The zero-order valence-corrected chi connectivity index (χ0v) is 15.0. The minimum Gasteiger partial charge on any atom is -0.495 e. The molecule has 1 amide bonds. The van der Waals surface area contributed by atoms with E-state index in [1.807, 2.05) is 36.2 Å². The fraction of sp³-hybridized carbons (Fsp3) is 0.294. The van der Waals surface area contributed by atoms with Gasteiger partial charge < -0.3 is 14.7 Å². The highest BCUT2D eigenvalue weighted by Crippen LogP contribution is 2.33. The molecule has 1 N–H and O–H groups in total. The van der Waals surface area contributed by atoms with E-state index in [2.05, 4.69) is 15.2 Å². The Morgan fingerprint density at radius 2 is 2.00 bits per heavy atom. The van der Waals surface area contributed by atoms with Gasteiger partial charge in [0.2, 0.25) is 11.6 Å². The van der Waals surface area contributed by atoms with Crippen molar-refractivity contribution in [3.63, 3.8) is 0 Å². The molecule has 0 fully saturated rings. The van der Waals surface area contributed by atoms with Gasteiger partial charge in [0.15, 0.2) is 5.82 Å². The minimum absolute atomic E-state index is 0.222. The van der Waals surface area contributed by atoms with Crippen molar-refractivity contribution in [2.75, 3.05) is 24.0 Å². The molecule has 0 radical (unpaired) electrons. The van der Waals surface area contributed by atoms with E-state index in [1.54, 1.807) is 37.8 Å². The summed E-state index contributed by atoms with van der Waals surface area (Å²) in [5, 5.41) is 17.7. The van der Waals surface area contributed by atoms with Gasteiger partial charge in [-0.15, -0.1) is 10.2 Å². The lowest BCUT2D eigenvalue weighted by Gasteiger charge is -2.22. The van der Waals surface area contributed by atoms with Gasteiger partial charge in [0.05, 0.1) is 12.8 Å². The second kappa shape index (κ2) is 6.87. The van der Waals surface area contributed by atoms with E-state index in [0.29, 0.717) is 17.2 Å². The molecule has 2 aromatic heterocycles. The first-order chi connectivity index (χ1) is 12.5. The van der Waals surface area contributed by atoms with Gasteiger partial charge in [0.1, 0.15) is 5.75 Å². The molecule has 0 saturated heterocycles. The van der Waals surface area contributed by atoms with Gasteiger partial charge in [-0.25, -0.2) is 14.7 Å². The van der Waals surface area contributed by atoms with Gasteiger partial charge in [-0.05, 0) is 26.0 Å². The number of amides is 1. The van der Waals surface area contributed by atoms with Crippen LogP contribution in [0.4, 0.5) is 22.2 Å². The molecule has 0 aliphatic carbocycles. The molecule has 2 heterocycles. The SMILES string of the molecule is COc1ccccc1N(C)c1nccn2c(N(C(=O)O)C(C)C)nnc12. The van der Waals surface area contributed by atoms with Crippen LogP contribution in [0.5, 0.6) is 5.75 Å². The summed E-state index contributed by atoms with van der Waals surface area (Å²) in [7, 11) is 3.44. The molecule has 0 unspecified atom stereocenters. The predicted molar refractivity (Wildman–Crippen MR) is 97.5 cm³/mol. The lowest BCUT2D eigenvalue weighted by Crippen LogP contribution is -2.37. The third kappa shape index (κ3) is 2.87. The number of para-hydroxylation sites is 2.